The Morgan fingerprint density at radius 2 is 2.00 bits per heavy atom. The van der Waals surface area contributed by atoms with Crippen LogP contribution >= 0.6 is 0 Å². The number of hydrogen-bond donors (Lipinski definition) is 0. The Balaban J connectivity index is 2.34. The Labute approximate surface area is 99.8 Å². The van der Waals surface area contributed by atoms with E-state index in [1.807, 2.05) is 0 Å². The molecule has 3 heteroatoms. The van der Waals surface area contributed by atoms with E-state index in [4.69, 9.17) is 0 Å². The van der Waals surface area contributed by atoms with Gasteiger partial charge in [0, 0.05) is 5.92 Å². The summed E-state index contributed by atoms with van der Waals surface area (Å²) in [5, 5.41) is 0. The van der Waals surface area contributed by atoms with E-state index < -0.39 is 11.6 Å². The fraction of sp³-hybridized carbons (Fsp3) is 0.500. The van der Waals surface area contributed by atoms with Crippen molar-refractivity contribution in [2.24, 2.45) is 11.8 Å². The SMILES string of the molecule is Cc1ccc(F)c(C(=O)C2CCC(C)C2)c1F. The molecule has 0 aliphatic heterocycles. The van der Waals surface area contributed by atoms with Crippen LogP contribution in [0, 0.1) is 30.4 Å². The number of hydrogen-bond acceptors (Lipinski definition) is 1. The van der Waals surface area contributed by atoms with E-state index in [1.165, 1.54) is 12.1 Å². The number of carbonyl (C=O) groups excluding carboxylic acids is 1. The summed E-state index contributed by atoms with van der Waals surface area (Å²) < 4.78 is 27.4. The summed E-state index contributed by atoms with van der Waals surface area (Å²) in [6.45, 7) is 3.61. The Morgan fingerprint density at radius 3 is 2.59 bits per heavy atom. The van der Waals surface area contributed by atoms with E-state index in [-0.39, 0.29) is 17.3 Å². The summed E-state index contributed by atoms with van der Waals surface area (Å²) in [7, 11) is 0. The zero-order valence-corrected chi connectivity index (χ0v) is 10.1. The molecule has 0 radical (unpaired) electrons. The fourth-order valence-electron chi connectivity index (χ4n) is 2.53. The maximum absolute atomic E-state index is 13.8. The Hall–Kier alpha value is -1.25. The second-order valence-corrected chi connectivity index (χ2v) is 5.03. The summed E-state index contributed by atoms with van der Waals surface area (Å²) in [5.41, 5.74) is -0.0232. The molecule has 0 heterocycles. The summed E-state index contributed by atoms with van der Waals surface area (Å²) in [5.74, 6) is -1.55. The van der Waals surface area contributed by atoms with Crippen LogP contribution in [-0.2, 0) is 0 Å². The molecule has 0 aromatic heterocycles. The molecule has 2 unspecified atom stereocenters. The minimum absolute atomic E-state index is 0.212. The smallest absolute Gasteiger partial charge is 0.171 e. The molecular weight excluding hydrogens is 222 g/mol. The highest BCUT2D eigenvalue weighted by Crippen LogP contribution is 2.34. The topological polar surface area (TPSA) is 17.1 Å². The van der Waals surface area contributed by atoms with Crippen molar-refractivity contribution >= 4 is 5.78 Å². The molecule has 0 spiro atoms. The number of aryl methyl sites for hydroxylation is 1. The van der Waals surface area contributed by atoms with Gasteiger partial charge in [0.05, 0.1) is 5.56 Å². The van der Waals surface area contributed by atoms with Gasteiger partial charge in [-0.15, -0.1) is 0 Å². The highest BCUT2D eigenvalue weighted by molar-refractivity contribution is 5.98. The maximum Gasteiger partial charge on any atom is 0.171 e. The van der Waals surface area contributed by atoms with E-state index in [1.54, 1.807) is 6.92 Å². The molecule has 1 nitrogen and oxygen atoms in total. The average molecular weight is 238 g/mol. The van der Waals surface area contributed by atoms with Gasteiger partial charge in [0.15, 0.2) is 5.78 Å². The third-order valence-corrected chi connectivity index (χ3v) is 3.60. The van der Waals surface area contributed by atoms with E-state index in [2.05, 4.69) is 6.92 Å². The lowest BCUT2D eigenvalue weighted by atomic mass is 9.93. The fourth-order valence-corrected chi connectivity index (χ4v) is 2.53. The van der Waals surface area contributed by atoms with E-state index in [0.29, 0.717) is 11.5 Å². The highest BCUT2D eigenvalue weighted by atomic mass is 19.1. The normalized spacial score (nSPS) is 24.0. The molecule has 17 heavy (non-hydrogen) atoms. The largest absolute Gasteiger partial charge is 0.294 e. The first kappa shape index (κ1) is 12.2. The molecular formula is C14H16F2O. The zero-order valence-electron chi connectivity index (χ0n) is 10.1. The molecule has 1 saturated carbocycles. The maximum atomic E-state index is 13.8. The Kier molecular flexibility index (Phi) is 3.27. The standard InChI is InChI=1S/C14H16F2O/c1-8-3-5-10(7-8)14(17)12-11(15)6-4-9(2)13(12)16/h4,6,8,10H,3,5,7H2,1-2H3. The predicted octanol–water partition coefficient (Wildman–Crippen LogP) is 3.89. The summed E-state index contributed by atoms with van der Waals surface area (Å²) in [4.78, 5) is 12.1. The summed E-state index contributed by atoms with van der Waals surface area (Å²) in [6, 6.07) is 2.53. The van der Waals surface area contributed by atoms with Gasteiger partial charge in [-0.1, -0.05) is 13.0 Å². The van der Waals surface area contributed by atoms with Crippen molar-refractivity contribution in [3.63, 3.8) is 0 Å². The van der Waals surface area contributed by atoms with Gasteiger partial charge in [-0.05, 0) is 43.7 Å². The lowest BCUT2D eigenvalue weighted by Crippen LogP contribution is -2.16. The number of Topliss-reactive ketones (excluding diaryl/α,β-unsaturated/α-hetero) is 1. The molecule has 0 amide bonds. The van der Waals surface area contributed by atoms with Crippen molar-refractivity contribution in [3.05, 3.63) is 34.9 Å². The second kappa shape index (κ2) is 4.55. The lowest BCUT2D eigenvalue weighted by molar-refractivity contribution is 0.0911. The quantitative estimate of drug-likeness (QED) is 0.714. The first-order valence-electron chi connectivity index (χ1n) is 5.99. The van der Waals surface area contributed by atoms with Crippen LogP contribution < -0.4 is 0 Å². The third kappa shape index (κ3) is 2.24. The van der Waals surface area contributed by atoms with Gasteiger partial charge < -0.3 is 0 Å². The molecule has 1 aromatic carbocycles. The Bertz CT molecular complexity index is 454. The first-order chi connectivity index (χ1) is 8.00. The van der Waals surface area contributed by atoms with Gasteiger partial charge in [-0.3, -0.25) is 4.79 Å². The predicted molar refractivity (Wildman–Crippen MR) is 61.9 cm³/mol. The second-order valence-electron chi connectivity index (χ2n) is 5.03. The van der Waals surface area contributed by atoms with Crippen LogP contribution in [0.25, 0.3) is 0 Å². The number of carbonyl (C=O) groups is 1. The highest BCUT2D eigenvalue weighted by Gasteiger charge is 2.31. The van der Waals surface area contributed by atoms with Gasteiger partial charge in [0.25, 0.3) is 0 Å². The number of benzene rings is 1. The van der Waals surface area contributed by atoms with Crippen LogP contribution in [0.2, 0.25) is 0 Å². The van der Waals surface area contributed by atoms with Crippen molar-refractivity contribution in [1.29, 1.82) is 0 Å². The van der Waals surface area contributed by atoms with Gasteiger partial charge in [-0.25, -0.2) is 8.78 Å². The lowest BCUT2D eigenvalue weighted by Gasteiger charge is -2.11. The molecule has 2 rings (SSSR count). The summed E-state index contributed by atoms with van der Waals surface area (Å²) >= 11 is 0. The summed E-state index contributed by atoms with van der Waals surface area (Å²) in [6.07, 6.45) is 2.45. The molecule has 1 aliphatic rings. The molecule has 1 aliphatic carbocycles. The van der Waals surface area contributed by atoms with Crippen molar-refractivity contribution in [1.82, 2.24) is 0 Å². The number of ketones is 1. The van der Waals surface area contributed by atoms with Gasteiger partial charge >= 0.3 is 0 Å². The first-order valence-corrected chi connectivity index (χ1v) is 5.99. The minimum atomic E-state index is -0.738. The van der Waals surface area contributed by atoms with Gasteiger partial charge in [0.1, 0.15) is 11.6 Å². The molecule has 2 atom stereocenters. The van der Waals surface area contributed by atoms with Crippen LogP contribution in [0.15, 0.2) is 12.1 Å². The van der Waals surface area contributed by atoms with Crippen LogP contribution in [0.5, 0.6) is 0 Å². The molecule has 92 valence electrons. The number of rotatable bonds is 2. The molecule has 1 aromatic rings. The molecule has 0 saturated heterocycles. The van der Waals surface area contributed by atoms with Crippen LogP contribution in [-0.4, -0.2) is 5.78 Å². The minimum Gasteiger partial charge on any atom is -0.294 e. The van der Waals surface area contributed by atoms with Crippen LogP contribution in [0.1, 0.15) is 42.1 Å². The third-order valence-electron chi connectivity index (χ3n) is 3.60. The Morgan fingerprint density at radius 1 is 1.29 bits per heavy atom. The zero-order chi connectivity index (χ0) is 12.6. The van der Waals surface area contributed by atoms with Crippen LogP contribution in [0.4, 0.5) is 8.78 Å². The van der Waals surface area contributed by atoms with Gasteiger partial charge in [0.2, 0.25) is 0 Å². The van der Waals surface area contributed by atoms with Crippen molar-refractivity contribution in [2.45, 2.75) is 33.1 Å². The van der Waals surface area contributed by atoms with Crippen molar-refractivity contribution in [3.8, 4) is 0 Å². The van der Waals surface area contributed by atoms with Crippen LogP contribution in [0.3, 0.4) is 0 Å². The van der Waals surface area contributed by atoms with E-state index in [9.17, 15) is 13.6 Å². The van der Waals surface area contributed by atoms with Crippen molar-refractivity contribution in [2.75, 3.05) is 0 Å². The average Bonchev–Trinajstić information content (AvgIpc) is 2.71. The monoisotopic (exact) mass is 238 g/mol. The molecule has 1 fully saturated rings. The van der Waals surface area contributed by atoms with E-state index >= 15 is 0 Å². The number of halogens is 2. The molecule has 0 bridgehead atoms. The van der Waals surface area contributed by atoms with E-state index in [0.717, 1.165) is 19.3 Å². The van der Waals surface area contributed by atoms with Gasteiger partial charge in [-0.2, -0.15) is 0 Å². The van der Waals surface area contributed by atoms with Crippen molar-refractivity contribution < 1.29 is 13.6 Å². The molecule has 0 N–H and O–H groups in total.